The molecule has 1 aliphatic rings. The van der Waals surface area contributed by atoms with Crippen LogP contribution in [-0.4, -0.2) is 22.4 Å². The Kier molecular flexibility index (Phi) is 3.69. The Labute approximate surface area is 132 Å². The van der Waals surface area contributed by atoms with Crippen molar-refractivity contribution in [1.29, 1.82) is 0 Å². The summed E-state index contributed by atoms with van der Waals surface area (Å²) in [6.07, 6.45) is 3.27. The Morgan fingerprint density at radius 1 is 1.35 bits per heavy atom. The molecule has 1 heterocycles. The van der Waals surface area contributed by atoms with Crippen molar-refractivity contribution < 1.29 is 9.72 Å². The Morgan fingerprint density at radius 2 is 2.04 bits per heavy atom. The van der Waals surface area contributed by atoms with Crippen LogP contribution in [0.5, 0.6) is 0 Å². The zero-order valence-corrected chi connectivity index (χ0v) is 12.4. The number of nitrogen functional groups attached to an aromatic ring is 1. The van der Waals surface area contributed by atoms with Gasteiger partial charge < -0.3 is 11.1 Å². The molecule has 2 aromatic rings. The highest BCUT2D eigenvalue weighted by Gasteiger charge is 2.44. The number of nitrogens with two attached hydrogens (primary N) is 1. The SMILES string of the molecule is Nc1ncc(C(=O)NCC2(c3ccccc3)CC2)cc1[N+](=O)[O-]. The summed E-state index contributed by atoms with van der Waals surface area (Å²) in [4.78, 5) is 26.2. The first-order valence-corrected chi connectivity index (χ1v) is 7.25. The van der Waals surface area contributed by atoms with E-state index < -0.39 is 4.92 Å². The highest BCUT2D eigenvalue weighted by atomic mass is 16.6. The second-order valence-electron chi connectivity index (χ2n) is 5.71. The lowest BCUT2D eigenvalue weighted by molar-refractivity contribution is -0.384. The molecule has 1 aromatic carbocycles. The monoisotopic (exact) mass is 312 g/mol. The Hall–Kier alpha value is -2.96. The molecule has 0 unspecified atom stereocenters. The molecule has 0 saturated heterocycles. The van der Waals surface area contributed by atoms with Crippen LogP contribution in [0.2, 0.25) is 0 Å². The second-order valence-corrected chi connectivity index (χ2v) is 5.71. The van der Waals surface area contributed by atoms with Crippen molar-refractivity contribution in [2.75, 3.05) is 12.3 Å². The number of nitrogens with zero attached hydrogens (tertiary/aromatic N) is 2. The highest BCUT2D eigenvalue weighted by Crippen LogP contribution is 2.47. The molecule has 7 heteroatoms. The van der Waals surface area contributed by atoms with Crippen molar-refractivity contribution >= 4 is 17.4 Å². The van der Waals surface area contributed by atoms with Crippen molar-refractivity contribution in [1.82, 2.24) is 10.3 Å². The number of pyridine rings is 1. The number of nitrogens with one attached hydrogen (secondary N) is 1. The van der Waals surface area contributed by atoms with Gasteiger partial charge in [0.15, 0.2) is 0 Å². The maximum absolute atomic E-state index is 12.2. The number of nitro groups is 1. The van der Waals surface area contributed by atoms with Crippen LogP contribution in [0.25, 0.3) is 0 Å². The minimum absolute atomic E-state index is 0.0237. The van der Waals surface area contributed by atoms with Gasteiger partial charge in [0.05, 0.1) is 10.5 Å². The molecule has 118 valence electrons. The maximum Gasteiger partial charge on any atom is 0.311 e. The molecule has 7 nitrogen and oxygen atoms in total. The fourth-order valence-electron chi connectivity index (χ4n) is 2.60. The van der Waals surface area contributed by atoms with Gasteiger partial charge in [0.1, 0.15) is 0 Å². The molecule has 3 N–H and O–H groups in total. The first kappa shape index (κ1) is 15.0. The molecule has 1 amide bonds. The minimum atomic E-state index is -0.647. The van der Waals surface area contributed by atoms with Crippen molar-refractivity contribution in [2.45, 2.75) is 18.3 Å². The van der Waals surface area contributed by atoms with Crippen LogP contribution >= 0.6 is 0 Å². The molecule has 1 aliphatic carbocycles. The van der Waals surface area contributed by atoms with Crippen molar-refractivity contribution in [3.05, 3.63) is 63.8 Å². The van der Waals surface area contributed by atoms with Gasteiger partial charge in [0.2, 0.25) is 5.82 Å². The van der Waals surface area contributed by atoms with Gasteiger partial charge in [-0.15, -0.1) is 0 Å². The van der Waals surface area contributed by atoms with Crippen molar-refractivity contribution in [3.63, 3.8) is 0 Å². The average molecular weight is 312 g/mol. The van der Waals surface area contributed by atoms with Crippen LogP contribution in [0.3, 0.4) is 0 Å². The number of anilines is 1. The molecule has 1 fully saturated rings. The zero-order valence-electron chi connectivity index (χ0n) is 12.4. The van der Waals surface area contributed by atoms with Crippen LogP contribution in [0, 0.1) is 10.1 Å². The molecule has 1 aromatic heterocycles. The number of hydrogen-bond acceptors (Lipinski definition) is 5. The molecule has 0 spiro atoms. The number of benzene rings is 1. The summed E-state index contributed by atoms with van der Waals surface area (Å²) in [6, 6.07) is 11.2. The smallest absolute Gasteiger partial charge is 0.311 e. The van der Waals surface area contributed by atoms with Crippen LogP contribution in [0.4, 0.5) is 11.5 Å². The van der Waals surface area contributed by atoms with Crippen LogP contribution < -0.4 is 11.1 Å². The molecule has 0 bridgehead atoms. The first-order valence-electron chi connectivity index (χ1n) is 7.25. The van der Waals surface area contributed by atoms with E-state index in [-0.39, 0.29) is 28.4 Å². The van der Waals surface area contributed by atoms with Gasteiger partial charge in [-0.25, -0.2) is 4.98 Å². The molecule has 0 aliphatic heterocycles. The van der Waals surface area contributed by atoms with Gasteiger partial charge in [0.25, 0.3) is 5.91 Å². The third-order valence-corrected chi connectivity index (χ3v) is 4.18. The normalized spacial score (nSPS) is 15.0. The van der Waals surface area contributed by atoms with E-state index in [0.29, 0.717) is 6.54 Å². The van der Waals surface area contributed by atoms with Gasteiger partial charge in [-0.3, -0.25) is 14.9 Å². The van der Waals surface area contributed by atoms with E-state index in [1.54, 1.807) is 0 Å². The van der Waals surface area contributed by atoms with E-state index in [1.807, 2.05) is 18.2 Å². The molecular formula is C16H16N4O3. The summed E-state index contributed by atoms with van der Waals surface area (Å²) < 4.78 is 0. The molecule has 1 saturated carbocycles. The number of carbonyl (C=O) groups excluding carboxylic acids is 1. The molecular weight excluding hydrogens is 296 g/mol. The summed E-state index contributed by atoms with van der Waals surface area (Å²) in [5, 5.41) is 13.7. The largest absolute Gasteiger partial charge is 0.378 e. The lowest BCUT2D eigenvalue weighted by Gasteiger charge is -2.16. The topological polar surface area (TPSA) is 111 Å². The fourth-order valence-corrected chi connectivity index (χ4v) is 2.60. The Balaban J connectivity index is 1.71. The molecule has 0 radical (unpaired) electrons. The zero-order chi connectivity index (χ0) is 16.4. The first-order chi connectivity index (χ1) is 11.0. The van der Waals surface area contributed by atoms with Crippen LogP contribution in [0.1, 0.15) is 28.8 Å². The minimum Gasteiger partial charge on any atom is -0.378 e. The van der Waals surface area contributed by atoms with Crippen LogP contribution in [-0.2, 0) is 5.41 Å². The number of aromatic nitrogens is 1. The Morgan fingerprint density at radius 3 is 2.65 bits per heavy atom. The average Bonchev–Trinajstić information content (AvgIpc) is 3.35. The van der Waals surface area contributed by atoms with Crippen molar-refractivity contribution in [3.8, 4) is 0 Å². The predicted octanol–water partition coefficient (Wildman–Crippen LogP) is 2.03. The van der Waals surface area contributed by atoms with E-state index in [2.05, 4.69) is 22.4 Å². The van der Waals surface area contributed by atoms with E-state index >= 15 is 0 Å². The second kappa shape index (κ2) is 5.68. The summed E-state index contributed by atoms with van der Waals surface area (Å²) in [5.74, 6) is -0.586. The van der Waals surface area contributed by atoms with Crippen LogP contribution in [0.15, 0.2) is 42.6 Å². The number of carbonyl (C=O) groups is 1. The molecule has 0 atom stereocenters. The van der Waals surface area contributed by atoms with E-state index in [9.17, 15) is 14.9 Å². The highest BCUT2D eigenvalue weighted by molar-refractivity contribution is 5.95. The lowest BCUT2D eigenvalue weighted by Crippen LogP contribution is -2.32. The lowest BCUT2D eigenvalue weighted by atomic mass is 9.96. The number of hydrogen-bond donors (Lipinski definition) is 2. The standard InChI is InChI=1S/C16H16N4O3/c17-14-13(20(22)23)8-11(9-18-14)15(21)19-10-16(6-7-16)12-4-2-1-3-5-12/h1-5,8-9H,6-7,10H2,(H2,17,18)(H,19,21). The van der Waals surface area contributed by atoms with Gasteiger partial charge in [-0.2, -0.15) is 0 Å². The predicted molar refractivity (Wildman–Crippen MR) is 85.0 cm³/mol. The van der Waals surface area contributed by atoms with Gasteiger partial charge in [-0.1, -0.05) is 30.3 Å². The summed E-state index contributed by atoms with van der Waals surface area (Å²) in [6.45, 7) is 0.494. The fraction of sp³-hybridized carbons (Fsp3) is 0.250. The Bertz CT molecular complexity index is 757. The summed E-state index contributed by atoms with van der Waals surface area (Å²) >= 11 is 0. The summed E-state index contributed by atoms with van der Waals surface area (Å²) in [5.41, 5.74) is 6.38. The van der Waals surface area contributed by atoms with Crippen molar-refractivity contribution in [2.24, 2.45) is 0 Å². The number of rotatable bonds is 5. The third kappa shape index (κ3) is 2.98. The quantitative estimate of drug-likeness (QED) is 0.648. The summed E-state index contributed by atoms with van der Waals surface area (Å²) in [7, 11) is 0. The van der Waals surface area contributed by atoms with Gasteiger partial charge in [0, 0.05) is 24.2 Å². The third-order valence-electron chi connectivity index (χ3n) is 4.18. The molecule has 23 heavy (non-hydrogen) atoms. The maximum atomic E-state index is 12.2. The number of amides is 1. The van der Waals surface area contributed by atoms with Gasteiger partial charge >= 0.3 is 5.69 Å². The van der Waals surface area contributed by atoms with E-state index in [0.717, 1.165) is 18.9 Å². The van der Waals surface area contributed by atoms with E-state index in [4.69, 9.17) is 5.73 Å². The molecule has 3 rings (SSSR count). The van der Waals surface area contributed by atoms with Gasteiger partial charge in [-0.05, 0) is 18.4 Å². The van der Waals surface area contributed by atoms with E-state index in [1.165, 1.54) is 11.8 Å².